The third kappa shape index (κ3) is 2.76. The molecule has 1 N–H and O–H groups in total. The Labute approximate surface area is 146 Å². The van der Waals surface area contributed by atoms with E-state index in [1.54, 1.807) is 6.92 Å². The van der Waals surface area contributed by atoms with Crippen molar-refractivity contribution in [1.29, 1.82) is 0 Å². The van der Waals surface area contributed by atoms with Crippen LogP contribution in [0.15, 0.2) is 10.9 Å². The van der Waals surface area contributed by atoms with E-state index < -0.39 is 0 Å². The van der Waals surface area contributed by atoms with Crippen molar-refractivity contribution in [1.82, 2.24) is 19.5 Å². The first-order chi connectivity index (χ1) is 12.1. The van der Waals surface area contributed by atoms with E-state index >= 15 is 0 Å². The molecular weight excluding hydrogens is 320 g/mol. The second-order valence-corrected chi connectivity index (χ2v) is 7.08. The number of piperidine rings is 1. The third-order valence-corrected chi connectivity index (χ3v) is 5.45. The van der Waals surface area contributed by atoms with E-state index in [2.05, 4.69) is 10.1 Å². The second kappa shape index (κ2) is 6.29. The largest absolute Gasteiger partial charge is 0.368 e. The first-order valence-electron chi connectivity index (χ1n) is 9.07. The molecule has 134 valence electrons. The minimum Gasteiger partial charge on any atom is -0.368 e. The Morgan fingerprint density at radius 3 is 2.88 bits per heavy atom. The van der Waals surface area contributed by atoms with Crippen molar-refractivity contribution in [3.63, 3.8) is 0 Å². The minimum atomic E-state index is -0.310. The summed E-state index contributed by atoms with van der Waals surface area (Å²) in [5.74, 6) is 0.0773. The van der Waals surface area contributed by atoms with Crippen LogP contribution >= 0.6 is 0 Å². The van der Waals surface area contributed by atoms with Gasteiger partial charge in [-0.15, -0.1) is 0 Å². The third-order valence-electron chi connectivity index (χ3n) is 5.45. The first-order valence-corrected chi connectivity index (χ1v) is 9.07. The van der Waals surface area contributed by atoms with Gasteiger partial charge in [-0.2, -0.15) is 0 Å². The molecule has 7 heteroatoms. The summed E-state index contributed by atoms with van der Waals surface area (Å²) in [6.45, 7) is 5.03. The lowest BCUT2D eigenvalue weighted by Crippen LogP contribution is -2.44. The summed E-state index contributed by atoms with van der Waals surface area (Å²) in [5.41, 5.74) is 2.79. The van der Waals surface area contributed by atoms with E-state index in [-0.39, 0.29) is 23.6 Å². The van der Waals surface area contributed by atoms with Gasteiger partial charge in [0.05, 0.1) is 11.7 Å². The van der Waals surface area contributed by atoms with Gasteiger partial charge in [0.15, 0.2) is 5.65 Å². The molecule has 0 aliphatic carbocycles. The fraction of sp³-hybridized carbons (Fsp3) is 0.611. The standard InChI is InChI=1S/C18H24N4O3/c1-11-12(2)19-16-10-13(20-22(16)17(11)23)14-6-3-4-8-21(14)18(24)15-7-5-9-25-15/h10,14-15,20H,3-9H2,1-2H3/t14-,15+/m1/s1. The maximum atomic E-state index is 12.9. The molecule has 0 bridgehead atoms. The second-order valence-electron chi connectivity index (χ2n) is 7.08. The molecule has 4 rings (SSSR count). The summed E-state index contributed by atoms with van der Waals surface area (Å²) in [5, 5.41) is 3.18. The van der Waals surface area contributed by atoms with Crippen LogP contribution in [-0.4, -0.2) is 44.7 Å². The van der Waals surface area contributed by atoms with Crippen molar-refractivity contribution in [3.8, 4) is 0 Å². The predicted molar refractivity (Wildman–Crippen MR) is 92.6 cm³/mol. The van der Waals surface area contributed by atoms with Crippen LogP contribution in [0.1, 0.15) is 55.1 Å². The van der Waals surface area contributed by atoms with Crippen LogP contribution in [0, 0.1) is 13.8 Å². The summed E-state index contributed by atoms with van der Waals surface area (Å²) in [7, 11) is 0. The van der Waals surface area contributed by atoms with Gasteiger partial charge >= 0.3 is 0 Å². The van der Waals surface area contributed by atoms with Crippen LogP contribution in [-0.2, 0) is 9.53 Å². The molecule has 2 aromatic rings. The lowest BCUT2D eigenvalue weighted by Gasteiger charge is -2.36. The molecule has 2 aromatic heterocycles. The fourth-order valence-electron chi connectivity index (χ4n) is 3.88. The molecule has 2 aliphatic rings. The van der Waals surface area contributed by atoms with Crippen molar-refractivity contribution in [3.05, 3.63) is 33.4 Å². The Morgan fingerprint density at radius 2 is 2.12 bits per heavy atom. The van der Waals surface area contributed by atoms with Crippen molar-refractivity contribution in [2.24, 2.45) is 0 Å². The smallest absolute Gasteiger partial charge is 0.275 e. The highest BCUT2D eigenvalue weighted by atomic mass is 16.5. The number of aromatic amines is 1. The van der Waals surface area contributed by atoms with Gasteiger partial charge in [-0.05, 0) is 46.0 Å². The molecule has 4 heterocycles. The molecule has 2 saturated heterocycles. The molecule has 0 spiro atoms. The maximum Gasteiger partial charge on any atom is 0.275 e. The predicted octanol–water partition coefficient (Wildman–Crippen LogP) is 1.87. The van der Waals surface area contributed by atoms with Gasteiger partial charge in [-0.1, -0.05) is 0 Å². The Kier molecular flexibility index (Phi) is 4.11. The molecule has 0 radical (unpaired) electrons. The van der Waals surface area contributed by atoms with Crippen molar-refractivity contribution in [2.75, 3.05) is 13.2 Å². The minimum absolute atomic E-state index is 0.0489. The number of aryl methyl sites for hydroxylation is 1. The van der Waals surface area contributed by atoms with E-state index in [4.69, 9.17) is 4.74 Å². The number of hydrogen-bond donors (Lipinski definition) is 1. The number of fused-ring (bicyclic) bond motifs is 1. The van der Waals surface area contributed by atoms with Gasteiger partial charge in [0.1, 0.15) is 6.10 Å². The average Bonchev–Trinajstić information content (AvgIpc) is 3.29. The highest BCUT2D eigenvalue weighted by Crippen LogP contribution is 2.32. The number of carbonyl (C=O) groups is 1. The number of hydrogen-bond acceptors (Lipinski definition) is 4. The van der Waals surface area contributed by atoms with Crippen LogP contribution < -0.4 is 5.56 Å². The van der Waals surface area contributed by atoms with E-state index in [0.717, 1.165) is 50.0 Å². The monoisotopic (exact) mass is 344 g/mol. The highest BCUT2D eigenvalue weighted by molar-refractivity contribution is 5.81. The number of aromatic nitrogens is 3. The Balaban J connectivity index is 1.71. The Bertz CT molecular complexity index is 863. The zero-order valence-electron chi connectivity index (χ0n) is 14.7. The van der Waals surface area contributed by atoms with E-state index in [1.807, 2.05) is 17.9 Å². The first kappa shape index (κ1) is 16.3. The number of likely N-dealkylation sites (tertiary alicyclic amines) is 1. The lowest BCUT2D eigenvalue weighted by atomic mass is 9.98. The molecule has 0 aromatic carbocycles. The maximum absolute atomic E-state index is 12.9. The van der Waals surface area contributed by atoms with Gasteiger partial charge in [-0.3, -0.25) is 14.7 Å². The van der Waals surface area contributed by atoms with Gasteiger partial charge < -0.3 is 9.64 Å². The van der Waals surface area contributed by atoms with Crippen LogP contribution in [0.5, 0.6) is 0 Å². The summed E-state index contributed by atoms with van der Waals surface area (Å²) in [6.07, 6.45) is 4.39. The number of amides is 1. The normalized spacial score (nSPS) is 24.2. The molecular formula is C18H24N4O3. The van der Waals surface area contributed by atoms with Crippen LogP contribution in [0.2, 0.25) is 0 Å². The lowest BCUT2D eigenvalue weighted by molar-refractivity contribution is -0.145. The SMILES string of the molecule is Cc1nc2cc([C@H]3CCCCN3C(=O)[C@@H]3CCCO3)[nH]n2c(=O)c1C. The molecule has 7 nitrogen and oxygen atoms in total. The van der Waals surface area contributed by atoms with Crippen molar-refractivity contribution >= 4 is 11.6 Å². The zero-order chi connectivity index (χ0) is 17.6. The molecule has 25 heavy (non-hydrogen) atoms. The van der Waals surface area contributed by atoms with E-state index in [0.29, 0.717) is 17.8 Å². The molecule has 2 aliphatic heterocycles. The van der Waals surface area contributed by atoms with Gasteiger partial charge in [0.2, 0.25) is 0 Å². The summed E-state index contributed by atoms with van der Waals surface area (Å²) in [6, 6.07) is 1.85. The molecule has 2 atom stereocenters. The Hall–Kier alpha value is -2.15. The molecule has 0 saturated carbocycles. The van der Waals surface area contributed by atoms with E-state index in [9.17, 15) is 9.59 Å². The van der Waals surface area contributed by atoms with Gasteiger partial charge in [-0.25, -0.2) is 9.50 Å². The Morgan fingerprint density at radius 1 is 1.28 bits per heavy atom. The summed E-state index contributed by atoms with van der Waals surface area (Å²) >= 11 is 0. The zero-order valence-corrected chi connectivity index (χ0v) is 14.7. The number of nitrogens with one attached hydrogen (secondary N) is 1. The van der Waals surface area contributed by atoms with Crippen LogP contribution in [0.25, 0.3) is 5.65 Å². The van der Waals surface area contributed by atoms with Crippen LogP contribution in [0.4, 0.5) is 0 Å². The summed E-state index contributed by atoms with van der Waals surface area (Å²) < 4.78 is 7.08. The quantitative estimate of drug-likeness (QED) is 0.902. The summed E-state index contributed by atoms with van der Waals surface area (Å²) in [4.78, 5) is 31.8. The number of ether oxygens (including phenoxy) is 1. The van der Waals surface area contributed by atoms with Crippen molar-refractivity contribution in [2.45, 2.75) is 58.1 Å². The average molecular weight is 344 g/mol. The molecule has 2 fully saturated rings. The molecule has 1 amide bonds. The number of rotatable bonds is 2. The fourth-order valence-corrected chi connectivity index (χ4v) is 3.88. The topological polar surface area (TPSA) is 79.7 Å². The highest BCUT2D eigenvalue weighted by Gasteiger charge is 2.35. The van der Waals surface area contributed by atoms with Gasteiger partial charge in [0, 0.05) is 30.5 Å². The molecule has 0 unspecified atom stereocenters. The number of carbonyl (C=O) groups excluding carboxylic acids is 1. The number of nitrogens with zero attached hydrogens (tertiary/aromatic N) is 3. The number of H-pyrrole nitrogens is 1. The van der Waals surface area contributed by atoms with Crippen LogP contribution in [0.3, 0.4) is 0 Å². The van der Waals surface area contributed by atoms with E-state index in [1.165, 1.54) is 4.52 Å². The van der Waals surface area contributed by atoms with Crippen molar-refractivity contribution < 1.29 is 9.53 Å². The van der Waals surface area contributed by atoms with Gasteiger partial charge in [0.25, 0.3) is 11.5 Å².